The normalized spacial score (nSPS) is 17.5. The minimum Gasteiger partial charge on any atom is -0.480 e. The highest BCUT2D eigenvalue weighted by atomic mass is 35.5. The highest BCUT2D eigenvalue weighted by Gasteiger charge is 2.29. The summed E-state index contributed by atoms with van der Waals surface area (Å²) in [5.74, 6) is -0.829. The summed E-state index contributed by atoms with van der Waals surface area (Å²) >= 11 is 5.81. The maximum Gasteiger partial charge on any atom is 0.320 e. The fraction of sp³-hybridized carbons (Fsp3) is 0.467. The Labute approximate surface area is 129 Å². The number of halogens is 1. The van der Waals surface area contributed by atoms with Crippen LogP contribution in [0.3, 0.4) is 0 Å². The number of rotatable bonds is 4. The van der Waals surface area contributed by atoms with Gasteiger partial charge in [-0.25, -0.2) is 0 Å². The van der Waals surface area contributed by atoms with Gasteiger partial charge in [-0.05, 0) is 30.7 Å². The molecule has 1 atom stereocenters. The fourth-order valence-corrected chi connectivity index (χ4v) is 2.73. The first-order valence-corrected chi connectivity index (χ1v) is 7.42. The van der Waals surface area contributed by atoms with E-state index in [0.717, 1.165) is 0 Å². The molecule has 5 nitrogen and oxygen atoms in total. The van der Waals surface area contributed by atoms with E-state index in [9.17, 15) is 9.59 Å². The maximum absolute atomic E-state index is 12.3. The van der Waals surface area contributed by atoms with Gasteiger partial charge in [0.2, 0.25) is 0 Å². The average Bonchev–Trinajstić information content (AvgIpc) is 2.48. The number of hydrogen-bond acceptors (Lipinski definition) is 3. The molecule has 1 amide bonds. The summed E-state index contributed by atoms with van der Waals surface area (Å²) in [6, 6.07) is 6.36. The Bertz CT molecular complexity index is 510. The van der Waals surface area contributed by atoms with Gasteiger partial charge in [-0.15, -0.1) is 0 Å². The van der Waals surface area contributed by atoms with Crippen LogP contribution in [0.25, 0.3) is 0 Å². The first kappa shape index (κ1) is 15.8. The molecule has 0 aromatic heterocycles. The first-order chi connectivity index (χ1) is 10.0. The summed E-state index contributed by atoms with van der Waals surface area (Å²) in [6.07, 6.45) is 0.570. The van der Waals surface area contributed by atoms with Crippen molar-refractivity contribution in [3.05, 3.63) is 34.9 Å². The van der Waals surface area contributed by atoms with Crippen LogP contribution in [-0.2, 0) is 4.79 Å². The van der Waals surface area contributed by atoms with E-state index in [1.807, 2.05) is 11.8 Å². The molecule has 1 aliphatic rings. The van der Waals surface area contributed by atoms with Gasteiger partial charge in [-0.1, -0.05) is 18.5 Å². The highest BCUT2D eigenvalue weighted by Crippen LogP contribution is 2.15. The van der Waals surface area contributed by atoms with Gasteiger partial charge in [-0.3, -0.25) is 14.5 Å². The Balaban J connectivity index is 1.96. The third kappa shape index (κ3) is 3.74. The molecule has 114 valence electrons. The van der Waals surface area contributed by atoms with Crippen LogP contribution in [-0.4, -0.2) is 59.0 Å². The largest absolute Gasteiger partial charge is 0.480 e. The fourth-order valence-electron chi connectivity index (χ4n) is 2.60. The number of piperazine rings is 1. The monoisotopic (exact) mass is 310 g/mol. The molecular weight excluding hydrogens is 292 g/mol. The minimum atomic E-state index is -0.796. The quantitative estimate of drug-likeness (QED) is 0.923. The zero-order chi connectivity index (χ0) is 15.4. The van der Waals surface area contributed by atoms with Crippen LogP contribution in [0.1, 0.15) is 23.7 Å². The van der Waals surface area contributed by atoms with Gasteiger partial charge in [0.1, 0.15) is 6.04 Å². The van der Waals surface area contributed by atoms with Crippen molar-refractivity contribution in [2.45, 2.75) is 19.4 Å². The lowest BCUT2D eigenvalue weighted by Crippen LogP contribution is -2.53. The summed E-state index contributed by atoms with van der Waals surface area (Å²) in [6.45, 7) is 4.13. The van der Waals surface area contributed by atoms with Crippen LogP contribution in [0.15, 0.2) is 24.3 Å². The molecule has 0 saturated carbocycles. The second kappa shape index (κ2) is 6.91. The van der Waals surface area contributed by atoms with Gasteiger partial charge in [0.25, 0.3) is 5.91 Å². The van der Waals surface area contributed by atoms with E-state index in [2.05, 4.69) is 0 Å². The van der Waals surface area contributed by atoms with Crippen LogP contribution in [0, 0.1) is 0 Å². The summed E-state index contributed by atoms with van der Waals surface area (Å²) in [7, 11) is 0. The highest BCUT2D eigenvalue weighted by molar-refractivity contribution is 6.30. The van der Waals surface area contributed by atoms with Crippen molar-refractivity contribution >= 4 is 23.5 Å². The summed E-state index contributed by atoms with van der Waals surface area (Å²) in [5, 5.41) is 9.77. The molecule has 1 unspecified atom stereocenters. The van der Waals surface area contributed by atoms with Crippen molar-refractivity contribution in [2.75, 3.05) is 26.2 Å². The molecular formula is C15H19ClN2O3. The van der Waals surface area contributed by atoms with Gasteiger partial charge in [-0.2, -0.15) is 0 Å². The molecule has 1 aliphatic heterocycles. The number of carbonyl (C=O) groups is 2. The van der Waals surface area contributed by atoms with Crippen LogP contribution in [0.2, 0.25) is 5.02 Å². The van der Waals surface area contributed by atoms with Gasteiger partial charge < -0.3 is 10.0 Å². The Morgan fingerprint density at radius 2 is 1.76 bits per heavy atom. The molecule has 1 heterocycles. The zero-order valence-corrected chi connectivity index (χ0v) is 12.7. The summed E-state index contributed by atoms with van der Waals surface area (Å²) in [4.78, 5) is 27.2. The lowest BCUT2D eigenvalue weighted by atomic mass is 10.1. The number of aliphatic carboxylic acids is 1. The second-order valence-electron chi connectivity index (χ2n) is 5.10. The summed E-state index contributed by atoms with van der Waals surface area (Å²) in [5.41, 5.74) is 0.609. The maximum atomic E-state index is 12.3. The van der Waals surface area contributed by atoms with E-state index in [1.54, 1.807) is 29.2 Å². The number of nitrogens with zero attached hydrogens (tertiary/aromatic N) is 2. The number of hydrogen-bond donors (Lipinski definition) is 1. The first-order valence-electron chi connectivity index (χ1n) is 7.04. The standard InChI is InChI=1S/C15H19ClN2O3/c1-2-13(15(20)21)17-7-9-18(10-8-17)14(19)11-3-5-12(16)6-4-11/h3-6,13H,2,7-10H2,1H3,(H,20,21). The molecule has 1 saturated heterocycles. The van der Waals surface area contributed by atoms with Gasteiger partial charge in [0, 0.05) is 36.8 Å². The average molecular weight is 311 g/mol. The van der Waals surface area contributed by atoms with E-state index < -0.39 is 12.0 Å². The molecule has 1 N–H and O–H groups in total. The summed E-state index contributed by atoms with van der Waals surface area (Å²) < 4.78 is 0. The molecule has 21 heavy (non-hydrogen) atoms. The molecule has 0 bridgehead atoms. The number of carboxylic acid groups (broad SMARTS) is 1. The third-order valence-electron chi connectivity index (χ3n) is 3.81. The van der Waals surface area contributed by atoms with Crippen molar-refractivity contribution in [3.8, 4) is 0 Å². The number of amides is 1. The van der Waals surface area contributed by atoms with Crippen LogP contribution in [0.4, 0.5) is 0 Å². The van der Waals surface area contributed by atoms with Crippen molar-refractivity contribution in [2.24, 2.45) is 0 Å². The Morgan fingerprint density at radius 1 is 1.19 bits per heavy atom. The number of benzene rings is 1. The van der Waals surface area contributed by atoms with E-state index in [1.165, 1.54) is 0 Å². The van der Waals surface area contributed by atoms with E-state index in [0.29, 0.717) is 43.2 Å². The topological polar surface area (TPSA) is 60.9 Å². The second-order valence-corrected chi connectivity index (χ2v) is 5.53. The molecule has 1 fully saturated rings. The van der Waals surface area contributed by atoms with E-state index in [-0.39, 0.29) is 5.91 Å². The third-order valence-corrected chi connectivity index (χ3v) is 4.06. The van der Waals surface area contributed by atoms with E-state index in [4.69, 9.17) is 16.7 Å². The number of carboxylic acids is 1. The molecule has 6 heteroatoms. The molecule has 2 rings (SSSR count). The predicted molar refractivity (Wildman–Crippen MR) is 80.6 cm³/mol. The number of carbonyl (C=O) groups excluding carboxylic acids is 1. The molecule has 1 aromatic rings. The smallest absolute Gasteiger partial charge is 0.320 e. The van der Waals surface area contributed by atoms with Gasteiger partial charge in [0.05, 0.1) is 0 Å². The Hall–Kier alpha value is -1.59. The van der Waals surface area contributed by atoms with Gasteiger partial charge in [0.15, 0.2) is 0 Å². The van der Waals surface area contributed by atoms with E-state index >= 15 is 0 Å². The van der Waals surface area contributed by atoms with Crippen LogP contribution in [0.5, 0.6) is 0 Å². The van der Waals surface area contributed by atoms with Crippen molar-refractivity contribution in [1.82, 2.24) is 9.80 Å². The molecule has 0 radical (unpaired) electrons. The Kier molecular flexibility index (Phi) is 5.20. The Morgan fingerprint density at radius 3 is 2.24 bits per heavy atom. The lowest BCUT2D eigenvalue weighted by Gasteiger charge is -2.37. The minimum absolute atomic E-state index is 0.0327. The molecule has 1 aromatic carbocycles. The lowest BCUT2D eigenvalue weighted by molar-refractivity contribution is -0.144. The molecule has 0 aliphatic carbocycles. The SMILES string of the molecule is CCC(C(=O)O)N1CCN(C(=O)c2ccc(Cl)cc2)CC1. The van der Waals surface area contributed by atoms with Crippen molar-refractivity contribution in [3.63, 3.8) is 0 Å². The molecule has 0 spiro atoms. The van der Waals surface area contributed by atoms with Crippen molar-refractivity contribution < 1.29 is 14.7 Å². The van der Waals surface area contributed by atoms with Crippen molar-refractivity contribution in [1.29, 1.82) is 0 Å². The predicted octanol–water partition coefficient (Wildman–Crippen LogP) is 1.96. The van der Waals surface area contributed by atoms with Gasteiger partial charge >= 0.3 is 5.97 Å². The van der Waals surface area contributed by atoms with Crippen LogP contribution >= 0.6 is 11.6 Å². The van der Waals surface area contributed by atoms with Crippen LogP contribution < -0.4 is 0 Å². The zero-order valence-electron chi connectivity index (χ0n) is 12.0.